The van der Waals surface area contributed by atoms with Crippen molar-refractivity contribution >= 4 is 37.6 Å². The van der Waals surface area contributed by atoms with Gasteiger partial charge in [-0.05, 0) is 55.3 Å². The predicted molar refractivity (Wildman–Crippen MR) is 112 cm³/mol. The summed E-state index contributed by atoms with van der Waals surface area (Å²) in [6, 6.07) is 7.64. The van der Waals surface area contributed by atoms with E-state index in [9.17, 15) is 31.5 Å². The fourth-order valence-electron chi connectivity index (χ4n) is 3.13. The van der Waals surface area contributed by atoms with Gasteiger partial charge >= 0.3 is 5.97 Å². The molecule has 1 saturated heterocycles. The van der Waals surface area contributed by atoms with E-state index in [1.54, 1.807) is 13.8 Å². The number of nitrogens with zero attached hydrogens (tertiary/aromatic N) is 1. The van der Waals surface area contributed by atoms with Gasteiger partial charge in [0.25, 0.3) is 10.0 Å². The van der Waals surface area contributed by atoms with Crippen molar-refractivity contribution in [2.75, 3.05) is 24.4 Å². The SMILES string of the molecule is Cc1cc(C(=O)O)cc(S(=O)(=O)Nc2cccc(S(=O)(=O)N3CCNC(=O)C3)c2)c1C. The summed E-state index contributed by atoms with van der Waals surface area (Å²) in [4.78, 5) is 22.5. The first kappa shape index (κ1) is 22.7. The van der Waals surface area contributed by atoms with Crippen molar-refractivity contribution < 1.29 is 31.5 Å². The summed E-state index contributed by atoms with van der Waals surface area (Å²) in [5.74, 6) is -1.69. The minimum atomic E-state index is -4.20. The van der Waals surface area contributed by atoms with Gasteiger partial charge in [0.2, 0.25) is 15.9 Å². The number of piperazine rings is 1. The van der Waals surface area contributed by atoms with E-state index in [1.807, 2.05) is 0 Å². The summed E-state index contributed by atoms with van der Waals surface area (Å²) in [6.07, 6.45) is 0. The van der Waals surface area contributed by atoms with Crippen LogP contribution in [0.5, 0.6) is 0 Å². The molecule has 0 unspecified atom stereocenters. The van der Waals surface area contributed by atoms with Crippen molar-refractivity contribution in [2.45, 2.75) is 23.6 Å². The van der Waals surface area contributed by atoms with Crippen LogP contribution in [0.3, 0.4) is 0 Å². The number of aryl methyl sites for hydroxylation is 1. The molecule has 166 valence electrons. The molecule has 31 heavy (non-hydrogen) atoms. The summed E-state index contributed by atoms with van der Waals surface area (Å²) in [7, 11) is -8.21. The number of carboxylic acid groups (broad SMARTS) is 1. The number of rotatable bonds is 6. The molecule has 2 aromatic rings. The smallest absolute Gasteiger partial charge is 0.335 e. The molecule has 0 atom stereocenters. The molecule has 0 aromatic heterocycles. The third-order valence-corrected chi connectivity index (χ3v) is 8.23. The highest BCUT2D eigenvalue weighted by atomic mass is 32.2. The van der Waals surface area contributed by atoms with Crippen molar-refractivity contribution in [3.63, 3.8) is 0 Å². The summed E-state index contributed by atoms with van der Waals surface area (Å²) in [5, 5.41) is 11.8. The maximum Gasteiger partial charge on any atom is 0.335 e. The molecule has 1 aliphatic heterocycles. The van der Waals surface area contributed by atoms with Gasteiger partial charge in [0.05, 0.1) is 27.6 Å². The van der Waals surface area contributed by atoms with Crippen LogP contribution in [0.25, 0.3) is 0 Å². The largest absolute Gasteiger partial charge is 0.478 e. The highest BCUT2D eigenvalue weighted by Gasteiger charge is 2.29. The Morgan fingerprint density at radius 1 is 1.13 bits per heavy atom. The quantitative estimate of drug-likeness (QED) is 0.572. The average Bonchev–Trinajstić information content (AvgIpc) is 2.69. The van der Waals surface area contributed by atoms with Crippen molar-refractivity contribution in [3.8, 4) is 0 Å². The van der Waals surface area contributed by atoms with Gasteiger partial charge in [-0.3, -0.25) is 9.52 Å². The highest BCUT2D eigenvalue weighted by molar-refractivity contribution is 7.92. The van der Waals surface area contributed by atoms with Gasteiger partial charge in [0.15, 0.2) is 0 Å². The van der Waals surface area contributed by atoms with Gasteiger partial charge in [-0.1, -0.05) is 6.07 Å². The molecule has 1 aliphatic rings. The van der Waals surface area contributed by atoms with Crippen molar-refractivity contribution in [1.82, 2.24) is 9.62 Å². The highest BCUT2D eigenvalue weighted by Crippen LogP contribution is 2.26. The summed E-state index contributed by atoms with van der Waals surface area (Å²) < 4.78 is 54.9. The second-order valence-corrected chi connectivity index (χ2v) is 10.6. The first-order chi connectivity index (χ1) is 14.4. The number of hydrogen-bond donors (Lipinski definition) is 3. The Morgan fingerprint density at radius 3 is 2.48 bits per heavy atom. The van der Waals surface area contributed by atoms with Gasteiger partial charge in [-0.15, -0.1) is 0 Å². The number of carbonyl (C=O) groups is 2. The fourth-order valence-corrected chi connectivity index (χ4v) is 5.97. The van der Waals surface area contributed by atoms with E-state index in [0.717, 1.165) is 16.4 Å². The van der Waals surface area contributed by atoms with Crippen molar-refractivity contribution in [2.24, 2.45) is 0 Å². The van der Waals surface area contributed by atoms with Crippen LogP contribution in [0.2, 0.25) is 0 Å². The summed E-state index contributed by atoms with van der Waals surface area (Å²) in [5.41, 5.74) is 0.670. The number of carboxylic acids is 1. The Kier molecular flexibility index (Phi) is 6.07. The minimum Gasteiger partial charge on any atom is -0.478 e. The Bertz CT molecular complexity index is 1270. The lowest BCUT2D eigenvalue weighted by molar-refractivity contribution is -0.122. The standard InChI is InChI=1S/C19H21N3O7S2/c1-12-8-14(19(24)25)9-17(13(12)2)30(26,27)21-15-4-3-5-16(10-15)31(28,29)22-7-6-20-18(23)11-22/h3-5,8-10,21H,6-7,11H2,1-2H3,(H,20,23)(H,24,25). The van der Waals surface area contributed by atoms with E-state index in [1.165, 1.54) is 24.3 Å². The monoisotopic (exact) mass is 467 g/mol. The van der Waals surface area contributed by atoms with Gasteiger partial charge in [0.1, 0.15) is 0 Å². The molecule has 0 aliphatic carbocycles. The lowest BCUT2D eigenvalue weighted by Crippen LogP contribution is -2.49. The Balaban J connectivity index is 1.96. The first-order valence-electron chi connectivity index (χ1n) is 9.16. The fraction of sp³-hybridized carbons (Fsp3) is 0.263. The molecule has 3 N–H and O–H groups in total. The molecule has 0 spiro atoms. The van der Waals surface area contributed by atoms with E-state index in [0.29, 0.717) is 11.1 Å². The van der Waals surface area contributed by atoms with E-state index >= 15 is 0 Å². The molecule has 1 fully saturated rings. The Labute approximate surface area is 180 Å². The number of sulfonamides is 2. The van der Waals surface area contributed by atoms with Crippen LogP contribution in [0.1, 0.15) is 21.5 Å². The molecule has 10 nitrogen and oxygen atoms in total. The minimum absolute atomic E-state index is 0.0136. The number of carbonyl (C=O) groups excluding carboxylic acids is 1. The maximum absolute atomic E-state index is 12.9. The van der Waals surface area contributed by atoms with Gasteiger partial charge < -0.3 is 10.4 Å². The molecule has 1 amide bonds. The number of benzene rings is 2. The topological polar surface area (TPSA) is 150 Å². The first-order valence-corrected chi connectivity index (χ1v) is 12.1. The third kappa shape index (κ3) is 4.70. The summed E-state index contributed by atoms with van der Waals surface area (Å²) >= 11 is 0. The molecule has 0 radical (unpaired) electrons. The molecule has 1 heterocycles. The molecule has 12 heteroatoms. The molecule has 3 rings (SSSR count). The molecule has 0 saturated carbocycles. The van der Waals surface area contributed by atoms with Crippen LogP contribution in [-0.4, -0.2) is 57.8 Å². The number of hydrogen-bond acceptors (Lipinski definition) is 6. The normalized spacial score (nSPS) is 15.4. The maximum atomic E-state index is 12.9. The van der Waals surface area contributed by atoms with E-state index in [-0.39, 0.29) is 40.7 Å². The number of aromatic carboxylic acids is 1. The van der Waals surface area contributed by atoms with Crippen LogP contribution in [0.15, 0.2) is 46.2 Å². The zero-order valence-corrected chi connectivity index (χ0v) is 18.4. The molecule has 2 aromatic carbocycles. The van der Waals surface area contributed by atoms with E-state index in [4.69, 9.17) is 0 Å². The average molecular weight is 468 g/mol. The van der Waals surface area contributed by atoms with E-state index < -0.39 is 31.9 Å². The number of nitrogens with one attached hydrogen (secondary N) is 2. The Hall–Kier alpha value is -2.96. The predicted octanol–water partition coefficient (Wildman–Crippen LogP) is 0.923. The van der Waals surface area contributed by atoms with Crippen molar-refractivity contribution in [1.29, 1.82) is 0 Å². The zero-order chi connectivity index (χ0) is 23.0. The second kappa shape index (κ2) is 8.29. The molecular weight excluding hydrogens is 446 g/mol. The van der Waals surface area contributed by atoms with E-state index in [2.05, 4.69) is 10.0 Å². The second-order valence-electron chi connectivity index (χ2n) is 7.04. The van der Waals surface area contributed by atoms with Gasteiger partial charge in [-0.2, -0.15) is 4.31 Å². The molecular formula is C19H21N3O7S2. The van der Waals surface area contributed by atoms with Crippen LogP contribution >= 0.6 is 0 Å². The number of anilines is 1. The lowest BCUT2D eigenvalue weighted by Gasteiger charge is -2.26. The van der Waals surface area contributed by atoms with Crippen LogP contribution in [-0.2, 0) is 24.8 Å². The van der Waals surface area contributed by atoms with Gasteiger partial charge in [-0.25, -0.2) is 21.6 Å². The van der Waals surface area contributed by atoms with Crippen LogP contribution in [0, 0.1) is 13.8 Å². The third-order valence-electron chi connectivity index (χ3n) is 4.88. The van der Waals surface area contributed by atoms with Crippen molar-refractivity contribution in [3.05, 3.63) is 53.1 Å². The molecule has 0 bridgehead atoms. The summed E-state index contributed by atoms with van der Waals surface area (Å²) in [6.45, 7) is 3.12. The number of amides is 1. The van der Waals surface area contributed by atoms with Gasteiger partial charge in [0, 0.05) is 13.1 Å². The zero-order valence-electron chi connectivity index (χ0n) is 16.7. The lowest BCUT2D eigenvalue weighted by atomic mass is 10.1. The van der Waals surface area contributed by atoms with Crippen LogP contribution < -0.4 is 10.0 Å². The Morgan fingerprint density at radius 2 is 1.84 bits per heavy atom. The van der Waals surface area contributed by atoms with Crippen LogP contribution in [0.4, 0.5) is 5.69 Å².